The molecule has 5 heterocycles. The van der Waals surface area contributed by atoms with Crippen LogP contribution in [0.1, 0.15) is 64.3 Å². The molecule has 216 valence electrons. The van der Waals surface area contributed by atoms with Gasteiger partial charge in [-0.2, -0.15) is 5.10 Å². The Labute approximate surface area is 255 Å². The van der Waals surface area contributed by atoms with Crippen molar-refractivity contribution in [1.29, 1.82) is 0 Å². The molecule has 0 bridgehead atoms. The molecule has 3 aromatic heterocycles. The summed E-state index contributed by atoms with van der Waals surface area (Å²) in [6.45, 7) is 3.01. The number of ether oxygens (including phenoxy) is 1. The smallest absolute Gasteiger partial charge is 0.228 e. The van der Waals surface area contributed by atoms with Gasteiger partial charge in [-0.05, 0) is 43.3 Å². The molecule has 4 radical (unpaired) electrons. The van der Waals surface area contributed by atoms with Crippen molar-refractivity contribution in [1.82, 2.24) is 29.9 Å². The van der Waals surface area contributed by atoms with Crippen LogP contribution in [-0.4, -0.2) is 77.1 Å². The number of amides is 1. The largest absolute Gasteiger partial charge is 0.482 e. The number of pyridine rings is 1. The molecule has 2 fully saturated rings. The van der Waals surface area contributed by atoms with Crippen molar-refractivity contribution in [2.75, 3.05) is 23.7 Å². The van der Waals surface area contributed by atoms with E-state index in [4.69, 9.17) is 25.5 Å². The van der Waals surface area contributed by atoms with Crippen LogP contribution < -0.4 is 15.4 Å². The monoisotopic (exact) mass is 584 g/mol. The van der Waals surface area contributed by atoms with Crippen LogP contribution in [-0.2, 0) is 10.1 Å². The minimum Gasteiger partial charge on any atom is -0.482 e. The number of carbonyl (C=O) groups excluding carboxylic acids is 3. The summed E-state index contributed by atoms with van der Waals surface area (Å²) in [6.07, 6.45) is 4.46. The van der Waals surface area contributed by atoms with E-state index >= 15 is 0 Å². The van der Waals surface area contributed by atoms with E-state index in [1.807, 2.05) is 40.9 Å². The maximum absolute atomic E-state index is 12.2. The number of aldehydes is 2. The summed E-state index contributed by atoms with van der Waals surface area (Å²) in [5, 5.41) is 17.4. The van der Waals surface area contributed by atoms with Gasteiger partial charge in [0.25, 0.3) is 0 Å². The summed E-state index contributed by atoms with van der Waals surface area (Å²) in [5.74, 6) is 0.755. The molecule has 1 aromatic carbocycles. The van der Waals surface area contributed by atoms with Gasteiger partial charge in [0.2, 0.25) is 5.91 Å². The van der Waals surface area contributed by atoms with Crippen molar-refractivity contribution in [2.24, 2.45) is 5.92 Å². The molecular formula is C30H26B2N8O4. The van der Waals surface area contributed by atoms with E-state index in [9.17, 15) is 14.4 Å². The number of anilines is 3. The van der Waals surface area contributed by atoms with Crippen LogP contribution in [0.2, 0.25) is 0 Å². The van der Waals surface area contributed by atoms with Gasteiger partial charge < -0.3 is 20.3 Å². The summed E-state index contributed by atoms with van der Waals surface area (Å²) in [5.41, 5.74) is 4.47. The van der Waals surface area contributed by atoms with Gasteiger partial charge >= 0.3 is 0 Å². The third kappa shape index (κ3) is 4.84. The standard InChI is InChI=1S/C30H26B2N8O4/c1-16-27-21(11-33-40(27)19-12-39(13-19)30(31,32)25-7-2-4-18(14-41)34-25)20-5-3-6-22(28(20)44-16)35-23-10-26(38-37-24(23)15-42)36-29(43)17-8-9-17/h2-7,10-11,14-17,19H,8-9,12-13H2,1H3,(H2,35,36,38,43). The van der Waals surface area contributed by atoms with Crippen molar-refractivity contribution < 1.29 is 19.1 Å². The predicted octanol–water partition coefficient (Wildman–Crippen LogP) is 2.91. The van der Waals surface area contributed by atoms with Gasteiger partial charge in [-0.25, -0.2) is 4.98 Å². The maximum Gasteiger partial charge on any atom is 0.228 e. The second-order valence-electron chi connectivity index (χ2n) is 11.3. The Balaban J connectivity index is 1.13. The molecule has 44 heavy (non-hydrogen) atoms. The lowest BCUT2D eigenvalue weighted by Crippen LogP contribution is -2.60. The van der Waals surface area contributed by atoms with Crippen LogP contribution in [0, 0.1) is 5.92 Å². The van der Waals surface area contributed by atoms with E-state index in [1.165, 1.54) is 0 Å². The molecular weight excluding hydrogens is 558 g/mol. The van der Waals surface area contributed by atoms with E-state index in [2.05, 4.69) is 25.8 Å². The van der Waals surface area contributed by atoms with Crippen LogP contribution in [0.3, 0.4) is 0 Å². The summed E-state index contributed by atoms with van der Waals surface area (Å²) in [7, 11) is 12.9. The molecule has 14 heteroatoms. The molecule has 1 atom stereocenters. The van der Waals surface area contributed by atoms with Gasteiger partial charge in [0, 0.05) is 41.9 Å². The zero-order chi connectivity index (χ0) is 30.6. The quantitative estimate of drug-likeness (QED) is 0.223. The third-order valence-electron chi connectivity index (χ3n) is 8.25. The highest BCUT2D eigenvalue weighted by molar-refractivity contribution is 6.39. The van der Waals surface area contributed by atoms with Crippen LogP contribution in [0.15, 0.2) is 48.7 Å². The highest BCUT2D eigenvalue weighted by Crippen LogP contribution is 2.48. The Kier molecular flexibility index (Phi) is 6.80. The molecule has 4 aromatic rings. The Hall–Kier alpha value is -4.84. The number of hydrogen-bond acceptors (Lipinski definition) is 10. The number of para-hydroxylation sites is 1. The van der Waals surface area contributed by atoms with Gasteiger partial charge in [0.05, 0.1) is 45.0 Å². The van der Waals surface area contributed by atoms with E-state index in [1.54, 1.807) is 24.3 Å². The van der Waals surface area contributed by atoms with E-state index in [0.29, 0.717) is 48.5 Å². The zero-order valence-electron chi connectivity index (χ0n) is 23.8. The second-order valence-corrected chi connectivity index (χ2v) is 11.3. The number of rotatable bonds is 9. The Morgan fingerprint density at radius 3 is 2.59 bits per heavy atom. The molecule has 2 aliphatic heterocycles. The fourth-order valence-electron chi connectivity index (χ4n) is 5.67. The zero-order valence-corrected chi connectivity index (χ0v) is 23.8. The first-order valence-electron chi connectivity index (χ1n) is 14.3. The normalized spacial score (nSPS) is 17.9. The molecule has 0 spiro atoms. The minimum atomic E-state index is -1.35. The van der Waals surface area contributed by atoms with Crippen LogP contribution >= 0.6 is 0 Å². The summed E-state index contributed by atoms with van der Waals surface area (Å²) in [6, 6.07) is 12.3. The topological polar surface area (TPSA) is 144 Å². The van der Waals surface area contributed by atoms with E-state index < -0.39 is 5.34 Å². The lowest BCUT2D eigenvalue weighted by Gasteiger charge is -2.50. The number of benzene rings is 1. The number of hydrogen-bond donors (Lipinski definition) is 2. The first-order chi connectivity index (χ1) is 21.3. The summed E-state index contributed by atoms with van der Waals surface area (Å²) < 4.78 is 8.41. The third-order valence-corrected chi connectivity index (χ3v) is 8.25. The molecule has 12 nitrogen and oxygen atoms in total. The molecule has 1 aliphatic carbocycles. The van der Waals surface area contributed by atoms with E-state index in [0.717, 1.165) is 29.7 Å². The Morgan fingerprint density at radius 1 is 1.05 bits per heavy atom. The predicted molar refractivity (Wildman–Crippen MR) is 162 cm³/mol. The first-order valence-corrected chi connectivity index (χ1v) is 14.3. The van der Waals surface area contributed by atoms with Gasteiger partial charge in [-0.15, -0.1) is 10.2 Å². The molecule has 2 N–H and O–H groups in total. The fraction of sp³-hybridized carbons (Fsp3) is 0.300. The molecule has 1 amide bonds. The molecule has 1 saturated carbocycles. The number of likely N-dealkylation sites (tertiary alicyclic amines) is 1. The minimum absolute atomic E-state index is 0.00115. The molecule has 1 unspecified atom stereocenters. The number of nitrogens with zero attached hydrogens (tertiary/aromatic N) is 6. The van der Waals surface area contributed by atoms with Gasteiger partial charge in [0.15, 0.2) is 24.1 Å². The van der Waals surface area contributed by atoms with Crippen molar-refractivity contribution in [3.8, 4) is 16.9 Å². The number of aromatic nitrogens is 5. The lowest BCUT2D eigenvalue weighted by molar-refractivity contribution is -0.117. The van der Waals surface area contributed by atoms with Gasteiger partial charge in [-0.3, -0.25) is 19.1 Å². The highest BCUT2D eigenvalue weighted by atomic mass is 16.5. The number of fused-ring (bicyclic) bond motifs is 3. The van der Waals surface area contributed by atoms with Crippen LogP contribution in [0.5, 0.6) is 5.75 Å². The van der Waals surface area contributed by atoms with Crippen molar-refractivity contribution in [3.05, 3.63) is 71.4 Å². The summed E-state index contributed by atoms with van der Waals surface area (Å²) >= 11 is 0. The van der Waals surface area contributed by atoms with E-state index in [-0.39, 0.29) is 41.2 Å². The van der Waals surface area contributed by atoms with Gasteiger partial charge in [-0.1, -0.05) is 18.2 Å². The number of nitrogens with one attached hydrogen (secondary N) is 2. The SMILES string of the molecule is [B]C([B])(c1cccc(C=O)n1)N1CC(n2ncc3c2C(C)Oc2c(Nc4cc(NC(=O)C5CC5)nnc4C=O)cccc2-3)C1. The van der Waals surface area contributed by atoms with Crippen molar-refractivity contribution in [2.45, 2.75) is 37.2 Å². The van der Waals surface area contributed by atoms with Crippen molar-refractivity contribution in [3.63, 3.8) is 0 Å². The molecule has 1 saturated heterocycles. The Bertz CT molecular complexity index is 1800. The Morgan fingerprint density at radius 2 is 1.84 bits per heavy atom. The number of carbonyl (C=O) groups is 3. The first kappa shape index (κ1) is 28.0. The van der Waals surface area contributed by atoms with Crippen LogP contribution in [0.25, 0.3) is 11.1 Å². The van der Waals surface area contributed by atoms with Gasteiger partial charge in [0.1, 0.15) is 17.5 Å². The fourth-order valence-corrected chi connectivity index (χ4v) is 5.67. The van der Waals surface area contributed by atoms with Crippen LogP contribution in [0.4, 0.5) is 17.2 Å². The molecule has 7 rings (SSSR count). The summed E-state index contributed by atoms with van der Waals surface area (Å²) in [4.78, 5) is 41.4. The average molecular weight is 584 g/mol. The average Bonchev–Trinajstić information content (AvgIpc) is 3.76. The molecule has 3 aliphatic rings. The van der Waals surface area contributed by atoms with Crippen molar-refractivity contribution >= 4 is 51.4 Å². The lowest BCUT2D eigenvalue weighted by atomic mass is 9.57. The second kappa shape index (κ2) is 10.7. The maximum atomic E-state index is 12.2. The highest BCUT2D eigenvalue weighted by Gasteiger charge is 2.42.